The quantitative estimate of drug-likeness (QED) is 0.800. The minimum Gasteiger partial charge on any atom is -0.458 e. The molecule has 0 amide bonds. The summed E-state index contributed by atoms with van der Waals surface area (Å²) in [6.45, 7) is 5.03. The van der Waals surface area contributed by atoms with Gasteiger partial charge in [-0.25, -0.2) is 4.79 Å². The molecule has 1 aliphatic rings. The second-order valence-electron chi connectivity index (χ2n) is 4.73. The van der Waals surface area contributed by atoms with Gasteiger partial charge in [-0.3, -0.25) is 4.90 Å². The number of esters is 1. The lowest BCUT2D eigenvalue weighted by atomic mass is 10.2. The van der Waals surface area contributed by atoms with Crippen molar-refractivity contribution in [1.82, 2.24) is 4.90 Å². The van der Waals surface area contributed by atoms with Crippen LogP contribution in [0, 0.1) is 0 Å². The van der Waals surface area contributed by atoms with Crippen molar-refractivity contribution in [3.05, 3.63) is 34.3 Å². The van der Waals surface area contributed by atoms with Gasteiger partial charge in [-0.2, -0.15) is 0 Å². The first-order valence-electron chi connectivity index (χ1n) is 6.34. The summed E-state index contributed by atoms with van der Waals surface area (Å²) in [5.74, 6) is -0.247. The molecule has 0 unspecified atom stereocenters. The molecule has 1 aliphatic heterocycles. The topological polar surface area (TPSA) is 29.5 Å². The molecule has 98 valence electrons. The van der Waals surface area contributed by atoms with Crippen molar-refractivity contribution in [3.8, 4) is 0 Å². The van der Waals surface area contributed by atoms with Crippen molar-refractivity contribution in [2.75, 3.05) is 19.6 Å². The van der Waals surface area contributed by atoms with E-state index in [4.69, 9.17) is 4.74 Å². The largest absolute Gasteiger partial charge is 0.458 e. The molecule has 1 saturated heterocycles. The number of halogens is 1. The van der Waals surface area contributed by atoms with Gasteiger partial charge < -0.3 is 4.74 Å². The number of rotatable bonds is 4. The molecule has 1 heterocycles. The van der Waals surface area contributed by atoms with E-state index in [2.05, 4.69) is 20.8 Å². The van der Waals surface area contributed by atoms with Crippen LogP contribution in [0.15, 0.2) is 28.7 Å². The van der Waals surface area contributed by atoms with Gasteiger partial charge in [0.05, 0.1) is 5.56 Å². The van der Waals surface area contributed by atoms with Crippen LogP contribution in [0.5, 0.6) is 0 Å². The molecule has 1 aromatic carbocycles. The lowest BCUT2D eigenvalue weighted by molar-refractivity contribution is 0.0271. The Balaban J connectivity index is 1.86. The van der Waals surface area contributed by atoms with Gasteiger partial charge in [0.1, 0.15) is 6.10 Å². The molecule has 0 spiro atoms. The fourth-order valence-corrected chi connectivity index (χ4v) is 2.63. The average molecular weight is 312 g/mol. The van der Waals surface area contributed by atoms with Gasteiger partial charge in [-0.05, 0) is 51.1 Å². The standard InChI is InChI=1S/C14H18BrNO2/c1-11(10-16-7-2-3-8-16)18-14(17)12-5-4-6-13(15)9-12/h4-6,9,11H,2-3,7-8,10H2,1H3/t11-/m1/s1. The zero-order valence-electron chi connectivity index (χ0n) is 10.6. The molecule has 1 fully saturated rings. The van der Waals surface area contributed by atoms with E-state index in [1.54, 1.807) is 12.1 Å². The summed E-state index contributed by atoms with van der Waals surface area (Å²) in [4.78, 5) is 14.3. The summed E-state index contributed by atoms with van der Waals surface area (Å²) in [7, 11) is 0. The van der Waals surface area contributed by atoms with Gasteiger partial charge in [0.15, 0.2) is 0 Å². The van der Waals surface area contributed by atoms with E-state index in [-0.39, 0.29) is 12.1 Å². The monoisotopic (exact) mass is 311 g/mol. The van der Waals surface area contributed by atoms with E-state index in [0.717, 1.165) is 24.1 Å². The Morgan fingerprint density at radius 2 is 2.17 bits per heavy atom. The fraction of sp³-hybridized carbons (Fsp3) is 0.500. The molecule has 0 aliphatic carbocycles. The molecule has 2 rings (SSSR count). The van der Waals surface area contributed by atoms with E-state index in [0.29, 0.717) is 5.56 Å². The summed E-state index contributed by atoms with van der Waals surface area (Å²) in [5.41, 5.74) is 0.595. The number of nitrogens with zero attached hydrogens (tertiary/aromatic N) is 1. The van der Waals surface area contributed by atoms with E-state index in [9.17, 15) is 4.79 Å². The maximum Gasteiger partial charge on any atom is 0.338 e. The third kappa shape index (κ3) is 3.82. The first-order chi connectivity index (χ1) is 8.65. The van der Waals surface area contributed by atoms with Gasteiger partial charge in [-0.15, -0.1) is 0 Å². The Morgan fingerprint density at radius 3 is 2.83 bits per heavy atom. The molecule has 1 atom stereocenters. The van der Waals surface area contributed by atoms with Crippen LogP contribution in [0.3, 0.4) is 0 Å². The van der Waals surface area contributed by atoms with Crippen molar-refractivity contribution < 1.29 is 9.53 Å². The van der Waals surface area contributed by atoms with Crippen LogP contribution in [0.1, 0.15) is 30.1 Å². The number of carbonyl (C=O) groups is 1. The fourth-order valence-electron chi connectivity index (χ4n) is 2.23. The number of carbonyl (C=O) groups excluding carboxylic acids is 1. The van der Waals surface area contributed by atoms with Crippen LogP contribution in [0.25, 0.3) is 0 Å². The number of ether oxygens (including phenoxy) is 1. The van der Waals surface area contributed by atoms with Gasteiger partial charge >= 0.3 is 5.97 Å². The Kier molecular flexibility index (Phi) is 4.78. The van der Waals surface area contributed by atoms with Crippen LogP contribution in [-0.2, 0) is 4.74 Å². The van der Waals surface area contributed by atoms with Gasteiger partial charge in [0.2, 0.25) is 0 Å². The van der Waals surface area contributed by atoms with Crippen molar-refractivity contribution in [2.45, 2.75) is 25.9 Å². The normalized spacial score (nSPS) is 17.7. The molecule has 0 radical (unpaired) electrons. The molecule has 1 aromatic rings. The van der Waals surface area contributed by atoms with Crippen LogP contribution < -0.4 is 0 Å². The van der Waals surface area contributed by atoms with Crippen molar-refractivity contribution >= 4 is 21.9 Å². The van der Waals surface area contributed by atoms with Gasteiger partial charge in [0, 0.05) is 11.0 Å². The first-order valence-corrected chi connectivity index (χ1v) is 7.13. The summed E-state index contributed by atoms with van der Waals surface area (Å²) in [5, 5.41) is 0. The zero-order chi connectivity index (χ0) is 13.0. The van der Waals surface area contributed by atoms with E-state index in [1.165, 1.54) is 12.8 Å². The second-order valence-corrected chi connectivity index (χ2v) is 5.65. The maximum atomic E-state index is 11.9. The smallest absolute Gasteiger partial charge is 0.338 e. The molecule has 0 aromatic heterocycles. The summed E-state index contributed by atoms with van der Waals surface area (Å²) < 4.78 is 6.34. The van der Waals surface area contributed by atoms with E-state index < -0.39 is 0 Å². The Bertz CT molecular complexity index is 416. The highest BCUT2D eigenvalue weighted by Crippen LogP contribution is 2.14. The first kappa shape index (κ1) is 13.6. The summed E-state index contributed by atoms with van der Waals surface area (Å²) in [6, 6.07) is 7.29. The lowest BCUT2D eigenvalue weighted by Crippen LogP contribution is -2.31. The third-order valence-corrected chi connectivity index (χ3v) is 3.58. The summed E-state index contributed by atoms with van der Waals surface area (Å²) >= 11 is 3.35. The van der Waals surface area contributed by atoms with E-state index >= 15 is 0 Å². The maximum absolute atomic E-state index is 11.9. The lowest BCUT2D eigenvalue weighted by Gasteiger charge is -2.20. The average Bonchev–Trinajstić information content (AvgIpc) is 2.81. The third-order valence-electron chi connectivity index (χ3n) is 3.08. The molecule has 0 saturated carbocycles. The van der Waals surface area contributed by atoms with E-state index in [1.807, 2.05) is 19.1 Å². The highest BCUT2D eigenvalue weighted by atomic mass is 79.9. The predicted molar refractivity (Wildman–Crippen MR) is 74.7 cm³/mol. The minimum absolute atomic E-state index is 0.0606. The van der Waals surface area contributed by atoms with Crippen LogP contribution in [-0.4, -0.2) is 36.6 Å². The Hall–Kier alpha value is -0.870. The minimum atomic E-state index is -0.247. The van der Waals surface area contributed by atoms with Crippen LogP contribution >= 0.6 is 15.9 Å². The van der Waals surface area contributed by atoms with Gasteiger partial charge in [-0.1, -0.05) is 22.0 Å². The van der Waals surface area contributed by atoms with Crippen LogP contribution in [0.4, 0.5) is 0 Å². The SMILES string of the molecule is C[C@H](CN1CCCC1)OC(=O)c1cccc(Br)c1. The molecule has 18 heavy (non-hydrogen) atoms. The number of benzene rings is 1. The molecule has 4 heteroatoms. The zero-order valence-corrected chi connectivity index (χ0v) is 12.1. The molecular weight excluding hydrogens is 294 g/mol. The molecule has 0 N–H and O–H groups in total. The van der Waals surface area contributed by atoms with Crippen LogP contribution in [0.2, 0.25) is 0 Å². The molecule has 3 nitrogen and oxygen atoms in total. The second kappa shape index (κ2) is 6.34. The Morgan fingerprint density at radius 1 is 1.44 bits per heavy atom. The summed E-state index contributed by atoms with van der Waals surface area (Å²) in [6.07, 6.45) is 2.45. The van der Waals surface area contributed by atoms with Crippen molar-refractivity contribution in [1.29, 1.82) is 0 Å². The number of hydrogen-bond acceptors (Lipinski definition) is 3. The molecular formula is C14H18BrNO2. The number of hydrogen-bond donors (Lipinski definition) is 0. The van der Waals surface area contributed by atoms with Gasteiger partial charge in [0.25, 0.3) is 0 Å². The van der Waals surface area contributed by atoms with Crippen molar-refractivity contribution in [3.63, 3.8) is 0 Å². The predicted octanol–water partition coefficient (Wildman–Crippen LogP) is 3.09. The highest BCUT2D eigenvalue weighted by Gasteiger charge is 2.18. The number of likely N-dealkylation sites (tertiary alicyclic amines) is 1. The molecule has 0 bridgehead atoms. The Labute approximate surface area is 116 Å². The van der Waals surface area contributed by atoms with Crippen molar-refractivity contribution in [2.24, 2.45) is 0 Å². The highest BCUT2D eigenvalue weighted by molar-refractivity contribution is 9.10.